The van der Waals surface area contributed by atoms with Crippen molar-refractivity contribution in [3.05, 3.63) is 67.7 Å². The third-order valence-electron chi connectivity index (χ3n) is 7.08. The lowest BCUT2D eigenvalue weighted by molar-refractivity contribution is -0.122. The Balaban J connectivity index is 1.75. The number of rotatable bonds is 3. The van der Waals surface area contributed by atoms with Gasteiger partial charge in [-0.15, -0.1) is 11.3 Å². The van der Waals surface area contributed by atoms with Crippen molar-refractivity contribution in [2.45, 2.75) is 59.7 Å². The van der Waals surface area contributed by atoms with Crippen LogP contribution in [0.15, 0.2) is 32.9 Å². The zero-order valence-electron chi connectivity index (χ0n) is 25.3. The van der Waals surface area contributed by atoms with Gasteiger partial charge in [-0.3, -0.25) is 24.0 Å². The van der Waals surface area contributed by atoms with E-state index in [0.717, 1.165) is 0 Å². The Kier molecular flexibility index (Phi) is 9.48. The number of hydrogen-bond donors (Lipinski definition) is 3. The minimum absolute atomic E-state index is 0.0109. The summed E-state index contributed by atoms with van der Waals surface area (Å²) in [6.45, 7) is 10.6. The molecule has 0 spiro atoms. The van der Waals surface area contributed by atoms with Crippen molar-refractivity contribution in [3.8, 4) is 0 Å². The molecule has 43 heavy (non-hydrogen) atoms. The molecule has 4 amide bonds. The summed E-state index contributed by atoms with van der Waals surface area (Å²) in [5.41, 5.74) is 0.150. The van der Waals surface area contributed by atoms with E-state index in [0.29, 0.717) is 5.01 Å². The van der Waals surface area contributed by atoms with Gasteiger partial charge in [-0.25, -0.2) is 9.97 Å². The minimum atomic E-state index is -0.634. The summed E-state index contributed by atoms with van der Waals surface area (Å²) in [5, 5.41) is 10.9. The molecule has 3 aromatic heterocycles. The fourth-order valence-corrected chi connectivity index (χ4v) is 5.74. The van der Waals surface area contributed by atoms with E-state index in [4.69, 9.17) is 4.42 Å². The first-order valence-electron chi connectivity index (χ1n) is 14.0. The Morgan fingerprint density at radius 2 is 1.70 bits per heavy atom. The van der Waals surface area contributed by atoms with E-state index in [9.17, 15) is 24.0 Å². The van der Waals surface area contributed by atoms with E-state index in [2.05, 4.69) is 25.9 Å². The molecule has 3 atom stereocenters. The normalized spacial score (nSPS) is 20.3. The fraction of sp³-hybridized carbons (Fsp3) is 0.483. The highest BCUT2D eigenvalue weighted by Crippen LogP contribution is 2.27. The maximum atomic E-state index is 13.6. The number of thiazole rings is 1. The van der Waals surface area contributed by atoms with Crippen molar-refractivity contribution in [2.24, 2.45) is 18.9 Å². The predicted octanol–water partition coefficient (Wildman–Crippen LogP) is 2.35. The van der Waals surface area contributed by atoms with Crippen LogP contribution in [-0.4, -0.2) is 62.2 Å². The highest BCUT2D eigenvalue weighted by molar-refractivity contribution is 7.09. The van der Waals surface area contributed by atoms with Crippen molar-refractivity contribution in [3.63, 3.8) is 0 Å². The standard InChI is InChI=1S/C29H37N7O6S/c1-14(2)22-27-34-24(17(6)42-27)26(40)30-16(5)10-36(29(41)18-8-9-21(38)35(7)11-18)12-20(37)32-23(15(3)4)28-31-19(13-43-28)25(39)33-22/h8-9,11,13-16,22-23H,10,12H2,1-7H3,(H,30,40)(H,32,37)(H,33,39)/t16-,22-,23+/m1/s1. The molecule has 0 saturated heterocycles. The lowest BCUT2D eigenvalue weighted by atomic mass is 10.0. The van der Waals surface area contributed by atoms with Gasteiger partial charge in [-0.1, -0.05) is 27.7 Å². The molecule has 1 aliphatic heterocycles. The molecule has 3 aromatic rings. The van der Waals surface area contributed by atoms with Crippen molar-refractivity contribution >= 4 is 35.0 Å². The molecule has 4 heterocycles. The number of oxazole rings is 1. The van der Waals surface area contributed by atoms with Gasteiger partial charge in [0, 0.05) is 37.3 Å². The lowest BCUT2D eigenvalue weighted by Gasteiger charge is -2.28. The van der Waals surface area contributed by atoms with E-state index in [1.807, 2.05) is 27.7 Å². The lowest BCUT2D eigenvalue weighted by Crippen LogP contribution is -2.49. The number of hydrogen-bond acceptors (Lipinski definition) is 9. The molecule has 230 valence electrons. The quantitative estimate of drug-likeness (QED) is 0.406. The molecular weight excluding hydrogens is 574 g/mol. The number of carbonyl (C=O) groups is 4. The number of aromatic nitrogens is 3. The van der Waals surface area contributed by atoms with E-state index in [1.54, 1.807) is 19.2 Å². The Labute approximate surface area is 253 Å². The number of nitrogens with zero attached hydrogens (tertiary/aromatic N) is 4. The molecule has 1 aliphatic rings. The van der Waals surface area contributed by atoms with Crippen LogP contribution < -0.4 is 21.5 Å². The monoisotopic (exact) mass is 611 g/mol. The molecule has 0 fully saturated rings. The van der Waals surface area contributed by atoms with Gasteiger partial charge in [0.1, 0.15) is 22.5 Å². The summed E-state index contributed by atoms with van der Waals surface area (Å²) in [5.74, 6) is -1.66. The summed E-state index contributed by atoms with van der Waals surface area (Å²) in [6.07, 6.45) is 1.40. The smallest absolute Gasteiger partial charge is 0.273 e. The number of amides is 4. The second-order valence-electron chi connectivity index (χ2n) is 11.4. The van der Waals surface area contributed by atoms with Crippen LogP contribution in [0.4, 0.5) is 0 Å². The number of nitrogens with one attached hydrogen (secondary N) is 3. The number of carbonyl (C=O) groups excluding carboxylic acids is 4. The van der Waals surface area contributed by atoms with Crippen molar-refractivity contribution in [2.75, 3.05) is 13.1 Å². The summed E-state index contributed by atoms with van der Waals surface area (Å²) in [4.78, 5) is 75.6. The van der Waals surface area contributed by atoms with Crippen molar-refractivity contribution in [1.29, 1.82) is 0 Å². The van der Waals surface area contributed by atoms with Crippen molar-refractivity contribution < 1.29 is 23.6 Å². The summed E-state index contributed by atoms with van der Waals surface area (Å²) < 4.78 is 7.12. The average Bonchev–Trinajstić information content (AvgIpc) is 3.57. The third-order valence-corrected chi connectivity index (χ3v) is 8.01. The highest BCUT2D eigenvalue weighted by Gasteiger charge is 2.31. The van der Waals surface area contributed by atoms with Crippen LogP contribution in [0, 0.1) is 18.8 Å². The summed E-state index contributed by atoms with van der Waals surface area (Å²) in [7, 11) is 1.53. The number of aryl methyl sites for hydroxylation is 2. The molecule has 0 aliphatic carbocycles. The SMILES string of the molecule is Cc1oc2nc1C(=O)N[C@H](C)CN(C(=O)c1ccc(=O)n(C)c1)CC(=O)N[C@@H](C(C)C)c1nc(cs1)C(=O)N[C@@H]2C(C)C. The maximum absolute atomic E-state index is 13.6. The molecule has 0 saturated carbocycles. The molecule has 0 aromatic carbocycles. The Morgan fingerprint density at radius 3 is 2.35 bits per heavy atom. The molecule has 4 bridgehead atoms. The highest BCUT2D eigenvalue weighted by atomic mass is 32.1. The third kappa shape index (κ3) is 7.19. The second-order valence-corrected chi connectivity index (χ2v) is 12.3. The second kappa shape index (κ2) is 12.9. The van der Waals surface area contributed by atoms with Crippen LogP contribution in [0.2, 0.25) is 0 Å². The average molecular weight is 612 g/mol. The van der Waals surface area contributed by atoms with E-state index < -0.39 is 41.8 Å². The van der Waals surface area contributed by atoms with Crippen LogP contribution in [0.25, 0.3) is 0 Å². The summed E-state index contributed by atoms with van der Waals surface area (Å²) in [6, 6.07) is 0.924. The van der Waals surface area contributed by atoms with Gasteiger partial charge in [0.05, 0.1) is 18.2 Å². The predicted molar refractivity (Wildman–Crippen MR) is 159 cm³/mol. The van der Waals surface area contributed by atoms with E-state index in [1.165, 1.54) is 46.2 Å². The molecule has 4 rings (SSSR count). The van der Waals surface area contributed by atoms with Gasteiger partial charge >= 0.3 is 0 Å². The minimum Gasteiger partial charge on any atom is -0.443 e. The van der Waals surface area contributed by atoms with Gasteiger partial charge in [-0.2, -0.15) is 0 Å². The number of pyridine rings is 1. The first-order chi connectivity index (χ1) is 20.2. The van der Waals surface area contributed by atoms with Crippen LogP contribution in [0.3, 0.4) is 0 Å². The molecule has 3 N–H and O–H groups in total. The number of fused-ring (bicyclic) bond motifs is 4. The maximum Gasteiger partial charge on any atom is 0.273 e. The first kappa shape index (κ1) is 31.6. The van der Waals surface area contributed by atoms with Gasteiger partial charge in [0.2, 0.25) is 17.4 Å². The molecule has 0 radical (unpaired) electrons. The first-order valence-corrected chi connectivity index (χ1v) is 14.9. The largest absolute Gasteiger partial charge is 0.443 e. The molecular formula is C29H37N7O6S. The van der Waals surface area contributed by atoms with E-state index >= 15 is 0 Å². The molecule has 13 nitrogen and oxygen atoms in total. The van der Waals surface area contributed by atoms with Crippen LogP contribution in [0.1, 0.15) is 94.7 Å². The Bertz CT molecular complexity index is 1590. The van der Waals surface area contributed by atoms with Crippen LogP contribution >= 0.6 is 11.3 Å². The Hall–Kier alpha value is -4.33. The van der Waals surface area contributed by atoms with Gasteiger partial charge in [0.25, 0.3) is 17.7 Å². The van der Waals surface area contributed by atoms with Crippen LogP contribution in [-0.2, 0) is 11.8 Å². The van der Waals surface area contributed by atoms with Gasteiger partial charge in [-0.05, 0) is 31.7 Å². The topological polar surface area (TPSA) is 169 Å². The summed E-state index contributed by atoms with van der Waals surface area (Å²) >= 11 is 1.25. The van der Waals surface area contributed by atoms with Crippen LogP contribution in [0.5, 0.6) is 0 Å². The zero-order valence-corrected chi connectivity index (χ0v) is 26.1. The molecule has 14 heteroatoms. The van der Waals surface area contributed by atoms with Crippen molar-refractivity contribution in [1.82, 2.24) is 35.4 Å². The fourth-order valence-electron chi connectivity index (χ4n) is 4.72. The van der Waals surface area contributed by atoms with E-state index in [-0.39, 0.29) is 59.1 Å². The van der Waals surface area contributed by atoms with Gasteiger partial charge in [0.15, 0.2) is 5.69 Å². The van der Waals surface area contributed by atoms with Gasteiger partial charge < -0.3 is 29.8 Å². The molecule has 0 unspecified atom stereocenters. The zero-order chi connectivity index (χ0) is 31.6. The Morgan fingerprint density at radius 1 is 1.00 bits per heavy atom.